The van der Waals surface area contributed by atoms with Gasteiger partial charge in [0, 0.05) is 18.3 Å². The summed E-state index contributed by atoms with van der Waals surface area (Å²) < 4.78 is 0. The van der Waals surface area contributed by atoms with Crippen LogP contribution in [0.2, 0.25) is 0 Å². The number of nitrogens with zero attached hydrogens (tertiary/aromatic N) is 1. The van der Waals surface area contributed by atoms with Crippen LogP contribution in [0, 0.1) is 5.92 Å². The maximum Gasteiger partial charge on any atom is 0.0417 e. The van der Waals surface area contributed by atoms with Crippen LogP contribution in [0.5, 0.6) is 0 Å². The molecule has 3 aliphatic heterocycles. The Hall–Kier alpha value is -1.02. The summed E-state index contributed by atoms with van der Waals surface area (Å²) in [5.41, 5.74) is 2.74. The molecule has 0 aromatic heterocycles. The van der Waals surface area contributed by atoms with E-state index in [0.29, 0.717) is 12.0 Å². The molecule has 1 atom stereocenters. The van der Waals surface area contributed by atoms with Crippen molar-refractivity contribution in [1.29, 1.82) is 0 Å². The van der Waals surface area contributed by atoms with E-state index in [9.17, 15) is 0 Å². The van der Waals surface area contributed by atoms with E-state index in [0.717, 1.165) is 5.92 Å². The van der Waals surface area contributed by atoms with Gasteiger partial charge in [0.05, 0.1) is 0 Å². The van der Waals surface area contributed by atoms with Crippen LogP contribution in [0.4, 0.5) is 5.69 Å². The smallest absolute Gasteiger partial charge is 0.0417 e. The van der Waals surface area contributed by atoms with Gasteiger partial charge >= 0.3 is 0 Å². The quantitative estimate of drug-likeness (QED) is 0.877. The van der Waals surface area contributed by atoms with E-state index in [4.69, 9.17) is 0 Å². The fourth-order valence-corrected chi connectivity index (χ4v) is 3.33. The van der Waals surface area contributed by atoms with Gasteiger partial charge in [-0.2, -0.15) is 0 Å². The van der Waals surface area contributed by atoms with Crippen molar-refractivity contribution in [2.75, 3.05) is 25.0 Å². The highest BCUT2D eigenvalue weighted by atomic mass is 15.2. The summed E-state index contributed by atoms with van der Waals surface area (Å²) in [6.45, 7) is 8.38. The SMILES string of the molecule is CC(C)c1cccc(NC2CN3CCC2CC3)c1. The largest absolute Gasteiger partial charge is 0.381 e. The summed E-state index contributed by atoms with van der Waals surface area (Å²) in [5, 5.41) is 3.77. The number of benzene rings is 1. The fraction of sp³-hybridized carbons (Fsp3) is 0.625. The number of nitrogens with one attached hydrogen (secondary N) is 1. The number of hydrogen-bond donors (Lipinski definition) is 1. The van der Waals surface area contributed by atoms with Crippen LogP contribution >= 0.6 is 0 Å². The monoisotopic (exact) mass is 244 g/mol. The first kappa shape index (κ1) is 12.0. The van der Waals surface area contributed by atoms with Crippen LogP contribution in [-0.4, -0.2) is 30.6 Å². The molecule has 0 saturated carbocycles. The lowest BCUT2D eigenvalue weighted by molar-refractivity contribution is 0.0975. The summed E-state index contributed by atoms with van der Waals surface area (Å²) in [6, 6.07) is 9.60. The second-order valence-electron chi connectivity index (χ2n) is 6.17. The van der Waals surface area contributed by atoms with Crippen LogP contribution in [0.15, 0.2) is 24.3 Å². The summed E-state index contributed by atoms with van der Waals surface area (Å²) in [5.74, 6) is 1.50. The van der Waals surface area contributed by atoms with Crippen molar-refractivity contribution in [3.05, 3.63) is 29.8 Å². The molecule has 1 N–H and O–H groups in total. The number of fused-ring (bicyclic) bond motifs is 3. The lowest BCUT2D eigenvalue weighted by atomic mass is 9.84. The van der Waals surface area contributed by atoms with Gasteiger partial charge in [0.1, 0.15) is 0 Å². The zero-order valence-corrected chi connectivity index (χ0v) is 11.5. The van der Waals surface area contributed by atoms with E-state index in [-0.39, 0.29) is 0 Å². The predicted octanol–water partition coefficient (Wildman–Crippen LogP) is 3.32. The molecule has 3 aliphatic rings. The number of hydrogen-bond acceptors (Lipinski definition) is 2. The Morgan fingerprint density at radius 1 is 1.22 bits per heavy atom. The minimum absolute atomic E-state index is 0.610. The number of rotatable bonds is 3. The van der Waals surface area contributed by atoms with Gasteiger partial charge in [-0.25, -0.2) is 0 Å². The maximum absolute atomic E-state index is 3.77. The second kappa shape index (κ2) is 4.93. The van der Waals surface area contributed by atoms with Gasteiger partial charge in [0.2, 0.25) is 0 Å². The molecule has 0 radical (unpaired) electrons. The standard InChI is InChI=1S/C16H24N2/c1-12(2)14-4-3-5-15(10-14)17-16-11-18-8-6-13(16)7-9-18/h3-5,10,12-13,16-17H,6-9,11H2,1-2H3. The average molecular weight is 244 g/mol. The molecule has 3 fully saturated rings. The minimum Gasteiger partial charge on any atom is -0.381 e. The third kappa shape index (κ3) is 2.39. The zero-order chi connectivity index (χ0) is 12.5. The Balaban J connectivity index is 1.71. The predicted molar refractivity (Wildman–Crippen MR) is 77.1 cm³/mol. The zero-order valence-electron chi connectivity index (χ0n) is 11.5. The van der Waals surface area contributed by atoms with Gasteiger partial charge in [-0.1, -0.05) is 26.0 Å². The highest BCUT2D eigenvalue weighted by Crippen LogP contribution is 2.30. The molecule has 1 aromatic rings. The van der Waals surface area contributed by atoms with Crippen molar-refractivity contribution in [3.8, 4) is 0 Å². The second-order valence-corrected chi connectivity index (χ2v) is 6.17. The number of piperidine rings is 3. The first-order valence-electron chi connectivity index (χ1n) is 7.31. The van der Waals surface area contributed by atoms with Gasteiger partial charge < -0.3 is 10.2 Å². The summed E-state index contributed by atoms with van der Waals surface area (Å²) in [4.78, 5) is 2.60. The molecule has 1 aromatic carbocycles. The Labute approximate surface area is 110 Å². The first-order chi connectivity index (χ1) is 8.72. The van der Waals surface area contributed by atoms with Crippen LogP contribution in [-0.2, 0) is 0 Å². The molecular formula is C16H24N2. The van der Waals surface area contributed by atoms with Crippen LogP contribution < -0.4 is 5.32 Å². The van der Waals surface area contributed by atoms with Crippen molar-refractivity contribution in [2.45, 2.75) is 38.6 Å². The molecular weight excluding hydrogens is 220 g/mol. The van der Waals surface area contributed by atoms with Crippen molar-refractivity contribution < 1.29 is 0 Å². The van der Waals surface area contributed by atoms with Gasteiger partial charge in [0.25, 0.3) is 0 Å². The normalized spacial score (nSPS) is 30.7. The Morgan fingerprint density at radius 2 is 2.00 bits per heavy atom. The van der Waals surface area contributed by atoms with Crippen molar-refractivity contribution in [2.24, 2.45) is 5.92 Å². The van der Waals surface area contributed by atoms with E-state index in [1.165, 1.54) is 43.7 Å². The first-order valence-corrected chi connectivity index (χ1v) is 7.31. The minimum atomic E-state index is 0.610. The summed E-state index contributed by atoms with van der Waals surface area (Å²) in [6.07, 6.45) is 2.75. The van der Waals surface area contributed by atoms with Gasteiger partial charge in [-0.15, -0.1) is 0 Å². The molecule has 2 nitrogen and oxygen atoms in total. The third-order valence-corrected chi connectivity index (χ3v) is 4.56. The topological polar surface area (TPSA) is 15.3 Å². The molecule has 3 heterocycles. The van der Waals surface area contributed by atoms with Crippen LogP contribution in [0.3, 0.4) is 0 Å². The highest BCUT2D eigenvalue weighted by Gasteiger charge is 2.33. The van der Waals surface area contributed by atoms with Crippen molar-refractivity contribution >= 4 is 5.69 Å². The molecule has 3 saturated heterocycles. The number of anilines is 1. The Bertz CT molecular complexity index is 405. The molecule has 0 aliphatic carbocycles. The fourth-order valence-electron chi connectivity index (χ4n) is 3.33. The molecule has 2 bridgehead atoms. The van der Waals surface area contributed by atoms with Gasteiger partial charge in [0.15, 0.2) is 0 Å². The lowest BCUT2D eigenvalue weighted by Crippen LogP contribution is -2.53. The van der Waals surface area contributed by atoms with E-state index in [1.54, 1.807) is 0 Å². The van der Waals surface area contributed by atoms with Crippen molar-refractivity contribution in [3.63, 3.8) is 0 Å². The summed E-state index contributed by atoms with van der Waals surface area (Å²) in [7, 11) is 0. The average Bonchev–Trinajstić information content (AvgIpc) is 2.40. The Kier molecular flexibility index (Phi) is 3.29. The van der Waals surface area contributed by atoms with E-state index in [2.05, 4.69) is 48.3 Å². The Morgan fingerprint density at radius 3 is 2.61 bits per heavy atom. The molecule has 1 unspecified atom stereocenters. The molecule has 0 spiro atoms. The lowest BCUT2D eigenvalue weighted by Gasteiger charge is -2.45. The van der Waals surface area contributed by atoms with Gasteiger partial charge in [-0.05, 0) is 55.5 Å². The van der Waals surface area contributed by atoms with Crippen molar-refractivity contribution in [1.82, 2.24) is 4.90 Å². The third-order valence-electron chi connectivity index (χ3n) is 4.56. The van der Waals surface area contributed by atoms with Gasteiger partial charge in [-0.3, -0.25) is 0 Å². The van der Waals surface area contributed by atoms with Crippen LogP contribution in [0.25, 0.3) is 0 Å². The molecule has 4 rings (SSSR count). The molecule has 98 valence electrons. The van der Waals surface area contributed by atoms with Crippen LogP contribution in [0.1, 0.15) is 38.2 Å². The van der Waals surface area contributed by atoms with E-state index < -0.39 is 0 Å². The highest BCUT2D eigenvalue weighted by molar-refractivity contribution is 5.47. The maximum atomic E-state index is 3.77. The molecule has 0 amide bonds. The van der Waals surface area contributed by atoms with E-state index in [1.807, 2.05) is 0 Å². The summed E-state index contributed by atoms with van der Waals surface area (Å²) >= 11 is 0. The van der Waals surface area contributed by atoms with E-state index >= 15 is 0 Å². The molecule has 2 heteroatoms. The molecule has 18 heavy (non-hydrogen) atoms.